The summed E-state index contributed by atoms with van der Waals surface area (Å²) in [4.78, 5) is 17.5. The number of nitrogens with one attached hydrogen (secondary N) is 1. The monoisotopic (exact) mass is 376 g/mol. The molecule has 6 nitrogen and oxygen atoms in total. The lowest BCUT2D eigenvalue weighted by molar-refractivity contribution is 0.102. The number of hydrogen-bond donors (Lipinski definition) is 1. The summed E-state index contributed by atoms with van der Waals surface area (Å²) in [5, 5.41) is 3.34. The van der Waals surface area contributed by atoms with Crippen molar-refractivity contribution >= 4 is 32.8 Å². The molecule has 1 aromatic carbocycles. The first-order chi connectivity index (χ1) is 11.7. The van der Waals surface area contributed by atoms with E-state index in [1.54, 1.807) is 19.1 Å². The van der Waals surface area contributed by atoms with Gasteiger partial charge in [0.25, 0.3) is 5.91 Å². The Hall–Kier alpha value is -2.45. The predicted octanol–water partition coefficient (Wildman–Crippen LogP) is 3.68. The fourth-order valence-electron chi connectivity index (χ4n) is 2.25. The molecule has 0 bridgehead atoms. The molecule has 8 heteroatoms. The van der Waals surface area contributed by atoms with Crippen molar-refractivity contribution < 1.29 is 17.6 Å². The van der Waals surface area contributed by atoms with E-state index in [2.05, 4.69) is 10.3 Å². The molecule has 0 aliphatic carbocycles. The molecule has 0 aliphatic rings. The normalized spacial score (nSPS) is 11.5. The van der Waals surface area contributed by atoms with Crippen molar-refractivity contribution in [1.29, 1.82) is 0 Å². The van der Waals surface area contributed by atoms with E-state index in [0.717, 1.165) is 12.0 Å². The van der Waals surface area contributed by atoms with Crippen molar-refractivity contribution in [3.05, 3.63) is 52.7 Å². The Labute approximate surface area is 149 Å². The zero-order valence-electron chi connectivity index (χ0n) is 13.9. The molecular formula is C17H16N2O4S2. The minimum Gasteiger partial charge on any atom is -0.459 e. The Bertz CT molecular complexity index is 1050. The lowest BCUT2D eigenvalue weighted by atomic mass is 10.3. The van der Waals surface area contributed by atoms with Crippen molar-refractivity contribution in [3.63, 3.8) is 0 Å². The first-order valence-electron chi connectivity index (χ1n) is 7.40. The van der Waals surface area contributed by atoms with Gasteiger partial charge in [0, 0.05) is 11.9 Å². The fraction of sp³-hybridized carbons (Fsp3) is 0.176. The molecule has 25 heavy (non-hydrogen) atoms. The third-order valence-corrected chi connectivity index (χ3v) is 5.76. The largest absolute Gasteiger partial charge is 0.459 e. The Morgan fingerprint density at radius 2 is 1.96 bits per heavy atom. The second-order valence-corrected chi connectivity index (χ2v) is 8.61. The Morgan fingerprint density at radius 1 is 1.20 bits per heavy atom. The summed E-state index contributed by atoms with van der Waals surface area (Å²) in [7, 11) is -3.34. The summed E-state index contributed by atoms with van der Waals surface area (Å²) in [6.07, 6.45) is 1.12. The highest BCUT2D eigenvalue weighted by atomic mass is 32.2. The van der Waals surface area contributed by atoms with Gasteiger partial charge in [-0.2, -0.15) is 0 Å². The van der Waals surface area contributed by atoms with Crippen LogP contribution in [-0.2, 0) is 9.84 Å². The van der Waals surface area contributed by atoms with E-state index >= 15 is 0 Å². The highest BCUT2D eigenvalue weighted by molar-refractivity contribution is 7.90. The van der Waals surface area contributed by atoms with Crippen molar-refractivity contribution in [2.24, 2.45) is 0 Å². The highest BCUT2D eigenvalue weighted by Crippen LogP contribution is 2.30. The van der Waals surface area contributed by atoms with Crippen LogP contribution in [-0.4, -0.2) is 25.6 Å². The first kappa shape index (κ1) is 17.4. The van der Waals surface area contributed by atoms with E-state index in [1.807, 2.05) is 19.1 Å². The number of aromatic nitrogens is 1. The second kappa shape index (κ2) is 6.45. The second-order valence-electron chi connectivity index (χ2n) is 5.60. The van der Waals surface area contributed by atoms with E-state index in [9.17, 15) is 13.2 Å². The Kier molecular flexibility index (Phi) is 4.49. The van der Waals surface area contributed by atoms with Gasteiger partial charge < -0.3 is 9.73 Å². The van der Waals surface area contributed by atoms with Crippen molar-refractivity contribution in [3.8, 4) is 10.8 Å². The third kappa shape index (κ3) is 3.80. The number of benzene rings is 1. The average molecular weight is 376 g/mol. The van der Waals surface area contributed by atoms with E-state index in [0.29, 0.717) is 27.0 Å². The Morgan fingerprint density at radius 3 is 2.60 bits per heavy atom. The molecule has 0 unspecified atom stereocenters. The van der Waals surface area contributed by atoms with Gasteiger partial charge in [0.15, 0.2) is 20.6 Å². The minimum absolute atomic E-state index is 0.151. The number of aryl methyl sites for hydroxylation is 2. The number of nitrogens with zero attached hydrogens (tertiary/aromatic N) is 1. The number of furan rings is 1. The molecule has 0 aliphatic heterocycles. The maximum absolute atomic E-state index is 12.5. The van der Waals surface area contributed by atoms with Gasteiger partial charge in [-0.25, -0.2) is 13.4 Å². The standard InChI is InChI=1S/C17H16N2O4S2/c1-10-7-8-14(23-10)17-18-11(2)15(24-17)16(20)19-12-5-4-6-13(9-12)25(3,21)22/h4-9H,1-3H3,(H,19,20). The molecular weight excluding hydrogens is 360 g/mol. The van der Waals surface area contributed by atoms with Crippen LogP contribution in [0.5, 0.6) is 0 Å². The molecule has 3 rings (SSSR count). The summed E-state index contributed by atoms with van der Waals surface area (Å²) >= 11 is 1.23. The quantitative estimate of drug-likeness (QED) is 0.750. The molecule has 0 fully saturated rings. The van der Waals surface area contributed by atoms with Crippen LogP contribution in [0.2, 0.25) is 0 Å². The molecule has 2 heterocycles. The molecule has 0 saturated heterocycles. The maximum Gasteiger partial charge on any atom is 0.267 e. The summed E-state index contributed by atoms with van der Waals surface area (Å²) in [6, 6.07) is 9.79. The molecule has 0 spiro atoms. The van der Waals surface area contributed by atoms with Crippen LogP contribution in [0.25, 0.3) is 10.8 Å². The summed E-state index contributed by atoms with van der Waals surface area (Å²) in [5.41, 5.74) is 1.00. The molecule has 1 amide bonds. The van der Waals surface area contributed by atoms with Crippen LogP contribution in [0.1, 0.15) is 21.1 Å². The number of carbonyl (C=O) groups excluding carboxylic acids is 1. The van der Waals surface area contributed by atoms with Gasteiger partial charge in [-0.15, -0.1) is 11.3 Å². The summed E-state index contributed by atoms with van der Waals surface area (Å²) in [6.45, 7) is 3.59. The molecule has 130 valence electrons. The van der Waals surface area contributed by atoms with Gasteiger partial charge in [-0.1, -0.05) is 6.07 Å². The molecule has 2 aromatic heterocycles. The number of carbonyl (C=O) groups is 1. The lowest BCUT2D eigenvalue weighted by Crippen LogP contribution is -2.12. The summed E-state index contributed by atoms with van der Waals surface area (Å²) < 4.78 is 28.8. The van der Waals surface area contributed by atoms with Crippen molar-refractivity contribution in [2.75, 3.05) is 11.6 Å². The lowest BCUT2D eigenvalue weighted by Gasteiger charge is -2.05. The average Bonchev–Trinajstić information content (AvgIpc) is 3.12. The zero-order valence-corrected chi connectivity index (χ0v) is 15.5. The van der Waals surface area contributed by atoms with Gasteiger partial charge in [-0.05, 0) is 44.2 Å². The van der Waals surface area contributed by atoms with Crippen LogP contribution >= 0.6 is 11.3 Å². The van der Waals surface area contributed by atoms with Crippen molar-refractivity contribution in [2.45, 2.75) is 18.7 Å². The van der Waals surface area contributed by atoms with Crippen LogP contribution in [0.3, 0.4) is 0 Å². The molecule has 0 saturated carbocycles. The van der Waals surface area contributed by atoms with Gasteiger partial charge in [-0.3, -0.25) is 4.79 Å². The van der Waals surface area contributed by atoms with Crippen LogP contribution in [0.15, 0.2) is 45.7 Å². The maximum atomic E-state index is 12.5. The van der Waals surface area contributed by atoms with Crippen LogP contribution < -0.4 is 5.32 Å². The minimum atomic E-state index is -3.34. The molecule has 0 radical (unpaired) electrons. The SMILES string of the molecule is Cc1ccc(-c2nc(C)c(C(=O)Nc3cccc(S(C)(=O)=O)c3)s2)o1. The molecule has 3 aromatic rings. The van der Waals surface area contributed by atoms with Gasteiger partial charge in [0.1, 0.15) is 10.6 Å². The van der Waals surface area contributed by atoms with Gasteiger partial charge >= 0.3 is 0 Å². The third-order valence-electron chi connectivity index (χ3n) is 3.47. The first-order valence-corrected chi connectivity index (χ1v) is 10.1. The topological polar surface area (TPSA) is 89.3 Å². The number of thiazole rings is 1. The van der Waals surface area contributed by atoms with Crippen LogP contribution in [0, 0.1) is 13.8 Å². The predicted molar refractivity (Wildman–Crippen MR) is 96.8 cm³/mol. The van der Waals surface area contributed by atoms with E-state index in [1.165, 1.54) is 23.5 Å². The van der Waals surface area contributed by atoms with Gasteiger partial charge in [0.05, 0.1) is 10.6 Å². The Balaban J connectivity index is 1.86. The number of hydrogen-bond acceptors (Lipinski definition) is 6. The smallest absolute Gasteiger partial charge is 0.267 e. The highest BCUT2D eigenvalue weighted by Gasteiger charge is 2.18. The summed E-state index contributed by atoms with van der Waals surface area (Å²) in [5.74, 6) is 1.05. The zero-order chi connectivity index (χ0) is 18.2. The number of sulfone groups is 1. The number of anilines is 1. The van der Waals surface area contributed by atoms with E-state index in [4.69, 9.17) is 4.42 Å². The van der Waals surface area contributed by atoms with Crippen molar-refractivity contribution in [1.82, 2.24) is 4.98 Å². The number of rotatable bonds is 4. The van der Waals surface area contributed by atoms with E-state index in [-0.39, 0.29) is 10.8 Å². The van der Waals surface area contributed by atoms with Crippen LogP contribution in [0.4, 0.5) is 5.69 Å². The molecule has 1 N–H and O–H groups in total. The van der Waals surface area contributed by atoms with Gasteiger partial charge in [0.2, 0.25) is 0 Å². The van der Waals surface area contributed by atoms with E-state index < -0.39 is 9.84 Å². The molecule has 0 atom stereocenters. The fourth-order valence-corrected chi connectivity index (χ4v) is 3.84. The number of amides is 1.